The van der Waals surface area contributed by atoms with Crippen LogP contribution in [0.5, 0.6) is 5.75 Å². The molecule has 0 atom stereocenters. The third kappa shape index (κ3) is 2.66. The summed E-state index contributed by atoms with van der Waals surface area (Å²) in [6, 6.07) is 6.09. The minimum Gasteiger partial charge on any atom is -0.476 e. The van der Waals surface area contributed by atoms with Crippen LogP contribution in [0.1, 0.15) is 45.6 Å². The molecule has 1 amide bonds. The number of hydrogen-bond donors (Lipinski definition) is 1. The van der Waals surface area contributed by atoms with Gasteiger partial charge in [0.2, 0.25) is 0 Å². The lowest BCUT2D eigenvalue weighted by Gasteiger charge is -2.39. The van der Waals surface area contributed by atoms with Gasteiger partial charge < -0.3 is 15.4 Å². The van der Waals surface area contributed by atoms with Crippen LogP contribution >= 0.6 is 0 Å². The van der Waals surface area contributed by atoms with Crippen LogP contribution in [0.25, 0.3) is 0 Å². The molecule has 4 nitrogen and oxygen atoms in total. The van der Waals surface area contributed by atoms with E-state index >= 15 is 0 Å². The molecule has 1 heterocycles. The molecule has 1 aromatic carbocycles. The Balaban J connectivity index is 2.45. The molecule has 0 saturated heterocycles. The SMILES string of the molecule is CC(C)c1ccc2c(c1)N(CCCN)C(=O)C(C)(C)O2. The molecule has 0 aromatic heterocycles. The molecule has 1 aliphatic rings. The molecule has 110 valence electrons. The number of rotatable bonds is 4. The Morgan fingerprint density at radius 1 is 1.35 bits per heavy atom. The smallest absolute Gasteiger partial charge is 0.270 e. The molecular formula is C16H24N2O2. The Labute approximate surface area is 120 Å². The maximum absolute atomic E-state index is 12.6. The second-order valence-electron chi connectivity index (χ2n) is 6.09. The molecule has 0 saturated carbocycles. The van der Waals surface area contributed by atoms with Crippen LogP contribution in [0.3, 0.4) is 0 Å². The molecule has 0 radical (unpaired) electrons. The minimum atomic E-state index is -0.819. The van der Waals surface area contributed by atoms with Crippen molar-refractivity contribution < 1.29 is 9.53 Å². The quantitative estimate of drug-likeness (QED) is 0.920. The lowest BCUT2D eigenvalue weighted by molar-refractivity contribution is -0.132. The topological polar surface area (TPSA) is 55.6 Å². The highest BCUT2D eigenvalue weighted by atomic mass is 16.5. The number of carbonyl (C=O) groups is 1. The second kappa shape index (κ2) is 5.44. The van der Waals surface area contributed by atoms with Crippen molar-refractivity contribution >= 4 is 11.6 Å². The van der Waals surface area contributed by atoms with Crippen molar-refractivity contribution in [2.24, 2.45) is 5.73 Å². The van der Waals surface area contributed by atoms with Crippen LogP contribution in [0.15, 0.2) is 18.2 Å². The number of carbonyl (C=O) groups excluding carboxylic acids is 1. The minimum absolute atomic E-state index is 0.000596. The van der Waals surface area contributed by atoms with Gasteiger partial charge in [0.05, 0.1) is 5.69 Å². The van der Waals surface area contributed by atoms with E-state index in [-0.39, 0.29) is 5.91 Å². The van der Waals surface area contributed by atoms with Crippen molar-refractivity contribution in [3.05, 3.63) is 23.8 Å². The van der Waals surface area contributed by atoms with E-state index in [4.69, 9.17) is 10.5 Å². The zero-order valence-electron chi connectivity index (χ0n) is 12.8. The summed E-state index contributed by atoms with van der Waals surface area (Å²) in [5.41, 5.74) is 6.84. The number of nitrogens with two attached hydrogens (primary N) is 1. The van der Waals surface area contributed by atoms with E-state index in [0.29, 0.717) is 19.0 Å². The van der Waals surface area contributed by atoms with Gasteiger partial charge in [-0.2, -0.15) is 0 Å². The van der Waals surface area contributed by atoms with E-state index in [0.717, 1.165) is 17.9 Å². The van der Waals surface area contributed by atoms with E-state index in [2.05, 4.69) is 26.0 Å². The van der Waals surface area contributed by atoms with Gasteiger partial charge in [0.15, 0.2) is 5.60 Å². The largest absolute Gasteiger partial charge is 0.476 e. The number of hydrogen-bond acceptors (Lipinski definition) is 3. The second-order valence-corrected chi connectivity index (χ2v) is 6.09. The van der Waals surface area contributed by atoms with Gasteiger partial charge >= 0.3 is 0 Å². The highest BCUT2D eigenvalue weighted by molar-refractivity contribution is 6.02. The number of anilines is 1. The number of benzene rings is 1. The monoisotopic (exact) mass is 276 g/mol. The Hall–Kier alpha value is -1.55. The van der Waals surface area contributed by atoms with Crippen LogP contribution in [-0.2, 0) is 4.79 Å². The summed E-state index contributed by atoms with van der Waals surface area (Å²) in [6.45, 7) is 9.11. The van der Waals surface area contributed by atoms with Crippen LogP contribution in [0.4, 0.5) is 5.69 Å². The van der Waals surface area contributed by atoms with Crippen LogP contribution in [0.2, 0.25) is 0 Å². The molecule has 2 N–H and O–H groups in total. The maximum Gasteiger partial charge on any atom is 0.270 e. The molecule has 1 aromatic rings. The molecular weight excluding hydrogens is 252 g/mol. The van der Waals surface area contributed by atoms with E-state index < -0.39 is 5.60 Å². The molecule has 0 unspecified atom stereocenters. The standard InChI is InChI=1S/C16H24N2O2/c1-11(2)12-6-7-14-13(10-12)18(9-5-8-17)15(19)16(3,4)20-14/h6-7,10-11H,5,8-9,17H2,1-4H3. The summed E-state index contributed by atoms with van der Waals surface area (Å²) in [6.07, 6.45) is 0.785. The van der Waals surface area contributed by atoms with Crippen molar-refractivity contribution in [1.29, 1.82) is 0 Å². The normalized spacial score (nSPS) is 17.1. The van der Waals surface area contributed by atoms with Crippen molar-refractivity contribution in [1.82, 2.24) is 0 Å². The number of amides is 1. The third-order valence-electron chi connectivity index (χ3n) is 3.65. The summed E-state index contributed by atoms with van der Waals surface area (Å²) in [5.74, 6) is 1.19. The van der Waals surface area contributed by atoms with Crippen LogP contribution in [-0.4, -0.2) is 24.6 Å². The first-order valence-electron chi connectivity index (χ1n) is 7.22. The molecule has 0 spiro atoms. The average molecular weight is 276 g/mol. The molecule has 4 heteroatoms. The zero-order valence-corrected chi connectivity index (χ0v) is 12.8. The summed E-state index contributed by atoms with van der Waals surface area (Å²) in [4.78, 5) is 14.4. The number of ether oxygens (including phenoxy) is 1. The van der Waals surface area contributed by atoms with Crippen molar-refractivity contribution in [3.63, 3.8) is 0 Å². The Morgan fingerprint density at radius 2 is 2.05 bits per heavy atom. The first-order chi connectivity index (χ1) is 9.36. The van der Waals surface area contributed by atoms with Gasteiger partial charge in [-0.05, 0) is 50.4 Å². The molecule has 20 heavy (non-hydrogen) atoms. The highest BCUT2D eigenvalue weighted by Crippen LogP contribution is 2.39. The molecule has 0 aliphatic carbocycles. The summed E-state index contributed by atoms with van der Waals surface area (Å²) >= 11 is 0. The fourth-order valence-electron chi connectivity index (χ4n) is 2.42. The van der Waals surface area contributed by atoms with Gasteiger partial charge in [-0.15, -0.1) is 0 Å². The Kier molecular flexibility index (Phi) is 4.04. The van der Waals surface area contributed by atoms with Gasteiger partial charge in [-0.1, -0.05) is 19.9 Å². The van der Waals surface area contributed by atoms with E-state index in [9.17, 15) is 4.79 Å². The van der Waals surface area contributed by atoms with Crippen molar-refractivity contribution in [2.75, 3.05) is 18.0 Å². The van der Waals surface area contributed by atoms with Crippen molar-refractivity contribution in [2.45, 2.75) is 45.6 Å². The van der Waals surface area contributed by atoms with E-state index in [1.54, 1.807) is 0 Å². The van der Waals surface area contributed by atoms with Crippen molar-refractivity contribution in [3.8, 4) is 5.75 Å². The Bertz CT molecular complexity index is 509. The van der Waals surface area contributed by atoms with Gasteiger partial charge in [0.25, 0.3) is 5.91 Å². The summed E-state index contributed by atoms with van der Waals surface area (Å²) in [7, 11) is 0. The summed E-state index contributed by atoms with van der Waals surface area (Å²) in [5, 5.41) is 0. The molecule has 0 fully saturated rings. The fraction of sp³-hybridized carbons (Fsp3) is 0.562. The fourth-order valence-corrected chi connectivity index (χ4v) is 2.42. The third-order valence-corrected chi connectivity index (χ3v) is 3.65. The van der Waals surface area contributed by atoms with Crippen LogP contribution < -0.4 is 15.4 Å². The lowest BCUT2D eigenvalue weighted by atomic mass is 9.98. The predicted octanol–water partition coefficient (Wildman–Crippen LogP) is 2.66. The van der Waals surface area contributed by atoms with Gasteiger partial charge in [0.1, 0.15) is 5.75 Å². The number of fused-ring (bicyclic) bond motifs is 1. The average Bonchev–Trinajstić information content (AvgIpc) is 2.38. The predicted molar refractivity (Wildman–Crippen MR) is 81.3 cm³/mol. The van der Waals surface area contributed by atoms with Crippen LogP contribution in [0, 0.1) is 0 Å². The molecule has 0 bridgehead atoms. The van der Waals surface area contributed by atoms with Gasteiger partial charge in [-0.25, -0.2) is 0 Å². The zero-order chi connectivity index (χ0) is 14.9. The van der Waals surface area contributed by atoms with E-state index in [1.807, 2.05) is 24.8 Å². The Morgan fingerprint density at radius 3 is 2.65 bits per heavy atom. The molecule has 2 rings (SSSR count). The number of nitrogens with zero attached hydrogens (tertiary/aromatic N) is 1. The first kappa shape index (κ1) is 14.9. The van der Waals surface area contributed by atoms with Gasteiger partial charge in [-0.3, -0.25) is 4.79 Å². The molecule has 1 aliphatic heterocycles. The highest BCUT2D eigenvalue weighted by Gasteiger charge is 2.40. The first-order valence-corrected chi connectivity index (χ1v) is 7.22. The maximum atomic E-state index is 12.6. The lowest BCUT2D eigenvalue weighted by Crippen LogP contribution is -2.53. The van der Waals surface area contributed by atoms with E-state index in [1.165, 1.54) is 5.56 Å². The van der Waals surface area contributed by atoms with Gasteiger partial charge in [0, 0.05) is 6.54 Å². The summed E-state index contributed by atoms with van der Waals surface area (Å²) < 4.78 is 5.85.